The van der Waals surface area contributed by atoms with Crippen LogP contribution in [-0.4, -0.2) is 6.04 Å². The summed E-state index contributed by atoms with van der Waals surface area (Å²) in [5.74, 6) is 0.619. The smallest absolute Gasteiger partial charge is 0.147 e. The molecule has 3 heteroatoms. The molecule has 2 unspecified atom stereocenters. The van der Waals surface area contributed by atoms with Crippen molar-refractivity contribution in [3.63, 3.8) is 0 Å². The molecule has 0 aromatic heterocycles. The molecular weight excluding hydrogens is 261 g/mol. The summed E-state index contributed by atoms with van der Waals surface area (Å²) in [6.07, 6.45) is 8.74. The van der Waals surface area contributed by atoms with Gasteiger partial charge in [-0.2, -0.15) is 0 Å². The maximum Gasteiger partial charge on any atom is 0.147 e. The van der Waals surface area contributed by atoms with Crippen molar-refractivity contribution in [1.82, 2.24) is 0 Å². The molecular formula is C16H23ClFN. The Morgan fingerprint density at radius 2 is 2.11 bits per heavy atom. The number of nitrogens with one attached hydrogen (secondary N) is 1. The quantitative estimate of drug-likeness (QED) is 0.705. The summed E-state index contributed by atoms with van der Waals surface area (Å²) in [7, 11) is 0. The molecule has 2 atom stereocenters. The van der Waals surface area contributed by atoms with Gasteiger partial charge in [-0.25, -0.2) is 4.39 Å². The Balaban J connectivity index is 1.92. The zero-order chi connectivity index (χ0) is 13.7. The number of rotatable bonds is 4. The lowest BCUT2D eigenvalue weighted by molar-refractivity contribution is 0.422. The minimum atomic E-state index is -0.248. The Labute approximate surface area is 120 Å². The minimum Gasteiger partial charge on any atom is -0.380 e. The van der Waals surface area contributed by atoms with Crippen molar-refractivity contribution in [2.45, 2.75) is 57.9 Å². The second-order valence-electron chi connectivity index (χ2n) is 5.63. The summed E-state index contributed by atoms with van der Waals surface area (Å²) < 4.78 is 13.8. The number of halogens is 2. The largest absolute Gasteiger partial charge is 0.380 e. The summed E-state index contributed by atoms with van der Waals surface area (Å²) in [5.41, 5.74) is 0.586. The number of hydrogen-bond donors (Lipinski definition) is 1. The van der Waals surface area contributed by atoms with Crippen LogP contribution in [0.5, 0.6) is 0 Å². The van der Waals surface area contributed by atoms with E-state index in [0.29, 0.717) is 16.8 Å². The molecule has 19 heavy (non-hydrogen) atoms. The maximum atomic E-state index is 13.8. The molecule has 0 heterocycles. The van der Waals surface area contributed by atoms with Gasteiger partial charge in [-0.15, -0.1) is 0 Å². The van der Waals surface area contributed by atoms with E-state index in [4.69, 9.17) is 11.6 Å². The van der Waals surface area contributed by atoms with E-state index in [-0.39, 0.29) is 5.82 Å². The third-order valence-electron chi connectivity index (χ3n) is 4.08. The molecule has 1 aromatic rings. The average molecular weight is 284 g/mol. The highest BCUT2D eigenvalue weighted by Gasteiger charge is 2.19. The van der Waals surface area contributed by atoms with Crippen molar-refractivity contribution >= 4 is 17.3 Å². The Hall–Kier alpha value is -0.760. The monoisotopic (exact) mass is 283 g/mol. The summed E-state index contributed by atoms with van der Waals surface area (Å²) >= 11 is 5.77. The molecule has 0 radical (unpaired) electrons. The molecule has 1 fully saturated rings. The summed E-state index contributed by atoms with van der Waals surface area (Å²) in [6.45, 7) is 2.25. The van der Waals surface area contributed by atoms with Crippen LogP contribution in [0.4, 0.5) is 10.1 Å². The van der Waals surface area contributed by atoms with Crippen LogP contribution in [0.15, 0.2) is 18.2 Å². The molecule has 0 spiro atoms. The molecule has 0 saturated heterocycles. The van der Waals surface area contributed by atoms with E-state index in [1.54, 1.807) is 12.1 Å². The SMILES string of the molecule is CCCC1CCCC(Nc2ccc(Cl)cc2F)CC1. The highest BCUT2D eigenvalue weighted by Crippen LogP contribution is 2.29. The normalized spacial score (nSPS) is 23.9. The number of anilines is 1. The molecule has 1 aliphatic carbocycles. The van der Waals surface area contributed by atoms with Crippen molar-refractivity contribution in [2.24, 2.45) is 5.92 Å². The predicted octanol–water partition coefficient (Wildman–Crippen LogP) is 5.64. The fourth-order valence-electron chi connectivity index (χ4n) is 3.05. The van der Waals surface area contributed by atoms with Crippen molar-refractivity contribution in [3.05, 3.63) is 29.0 Å². The van der Waals surface area contributed by atoms with Crippen LogP contribution in [0.2, 0.25) is 5.02 Å². The third kappa shape index (κ3) is 4.38. The molecule has 2 rings (SSSR count). The lowest BCUT2D eigenvalue weighted by Crippen LogP contribution is -2.19. The van der Waals surface area contributed by atoms with Gasteiger partial charge < -0.3 is 5.32 Å². The topological polar surface area (TPSA) is 12.0 Å². The molecule has 1 nitrogen and oxygen atoms in total. The molecule has 1 N–H and O–H groups in total. The molecule has 0 bridgehead atoms. The zero-order valence-electron chi connectivity index (χ0n) is 11.6. The maximum absolute atomic E-state index is 13.8. The fourth-order valence-corrected chi connectivity index (χ4v) is 3.20. The first-order chi connectivity index (χ1) is 9.19. The second-order valence-corrected chi connectivity index (χ2v) is 6.06. The Kier molecular flexibility index (Phi) is 5.50. The molecule has 1 aromatic carbocycles. The van der Waals surface area contributed by atoms with Gasteiger partial charge in [0.25, 0.3) is 0 Å². The lowest BCUT2D eigenvalue weighted by atomic mass is 9.95. The van der Waals surface area contributed by atoms with Crippen LogP contribution in [0.1, 0.15) is 51.9 Å². The Bertz CT molecular complexity index is 408. The summed E-state index contributed by atoms with van der Waals surface area (Å²) in [5, 5.41) is 3.80. The second kappa shape index (κ2) is 7.14. The van der Waals surface area contributed by atoms with E-state index >= 15 is 0 Å². The van der Waals surface area contributed by atoms with Gasteiger partial charge in [-0.3, -0.25) is 0 Å². The van der Waals surface area contributed by atoms with Crippen LogP contribution < -0.4 is 5.32 Å². The van der Waals surface area contributed by atoms with E-state index in [0.717, 1.165) is 18.8 Å². The fraction of sp³-hybridized carbons (Fsp3) is 0.625. The van der Waals surface area contributed by atoms with Gasteiger partial charge in [0, 0.05) is 11.1 Å². The van der Waals surface area contributed by atoms with E-state index in [2.05, 4.69) is 12.2 Å². The van der Waals surface area contributed by atoms with E-state index in [1.807, 2.05) is 0 Å². The van der Waals surface area contributed by atoms with Crippen LogP contribution in [-0.2, 0) is 0 Å². The van der Waals surface area contributed by atoms with Crippen LogP contribution >= 0.6 is 11.6 Å². The summed E-state index contributed by atoms with van der Waals surface area (Å²) in [6, 6.07) is 5.26. The molecule has 106 valence electrons. The molecule has 1 saturated carbocycles. The molecule has 0 aliphatic heterocycles. The van der Waals surface area contributed by atoms with Crippen LogP contribution in [0.25, 0.3) is 0 Å². The molecule has 1 aliphatic rings. The molecule has 0 amide bonds. The van der Waals surface area contributed by atoms with E-state index < -0.39 is 0 Å². The number of benzene rings is 1. The van der Waals surface area contributed by atoms with Gasteiger partial charge in [0.2, 0.25) is 0 Å². The lowest BCUT2D eigenvalue weighted by Gasteiger charge is -2.18. The first-order valence-electron chi connectivity index (χ1n) is 7.40. The van der Waals surface area contributed by atoms with Gasteiger partial charge in [0.15, 0.2) is 0 Å². The minimum absolute atomic E-state index is 0.248. The van der Waals surface area contributed by atoms with Gasteiger partial charge in [-0.1, -0.05) is 44.2 Å². The van der Waals surface area contributed by atoms with Crippen molar-refractivity contribution < 1.29 is 4.39 Å². The summed E-state index contributed by atoms with van der Waals surface area (Å²) in [4.78, 5) is 0. The van der Waals surface area contributed by atoms with Gasteiger partial charge in [-0.05, 0) is 43.4 Å². The van der Waals surface area contributed by atoms with Crippen molar-refractivity contribution in [2.75, 3.05) is 5.32 Å². The predicted molar refractivity (Wildman–Crippen MR) is 80.3 cm³/mol. The van der Waals surface area contributed by atoms with E-state index in [1.165, 1.54) is 38.2 Å². The van der Waals surface area contributed by atoms with Crippen LogP contribution in [0.3, 0.4) is 0 Å². The van der Waals surface area contributed by atoms with E-state index in [9.17, 15) is 4.39 Å². The zero-order valence-corrected chi connectivity index (χ0v) is 12.3. The van der Waals surface area contributed by atoms with Gasteiger partial charge in [0.05, 0.1) is 5.69 Å². The Morgan fingerprint density at radius 1 is 1.26 bits per heavy atom. The van der Waals surface area contributed by atoms with Crippen molar-refractivity contribution in [1.29, 1.82) is 0 Å². The van der Waals surface area contributed by atoms with Crippen LogP contribution in [0, 0.1) is 11.7 Å². The first-order valence-corrected chi connectivity index (χ1v) is 7.78. The third-order valence-corrected chi connectivity index (χ3v) is 4.31. The highest BCUT2D eigenvalue weighted by atomic mass is 35.5. The Morgan fingerprint density at radius 3 is 2.84 bits per heavy atom. The van der Waals surface area contributed by atoms with Gasteiger partial charge in [0.1, 0.15) is 5.82 Å². The first kappa shape index (κ1) is 14.6. The number of hydrogen-bond acceptors (Lipinski definition) is 1. The van der Waals surface area contributed by atoms with Crippen molar-refractivity contribution in [3.8, 4) is 0 Å². The highest BCUT2D eigenvalue weighted by molar-refractivity contribution is 6.30. The average Bonchev–Trinajstić information content (AvgIpc) is 2.59. The standard InChI is InChI=1S/C16H23ClFN/c1-2-4-12-5-3-6-14(9-7-12)19-16-10-8-13(17)11-15(16)18/h8,10-12,14,19H,2-7,9H2,1H3. The van der Waals surface area contributed by atoms with Gasteiger partial charge >= 0.3 is 0 Å².